The van der Waals surface area contributed by atoms with Crippen LogP contribution in [-0.2, 0) is 0 Å². The summed E-state index contributed by atoms with van der Waals surface area (Å²) in [5, 5.41) is 7.95. The van der Waals surface area contributed by atoms with Crippen molar-refractivity contribution in [1.29, 1.82) is 0 Å². The Labute approximate surface area is 263 Å². The van der Waals surface area contributed by atoms with Crippen LogP contribution in [0.15, 0.2) is 63.9 Å². The lowest BCUT2D eigenvalue weighted by molar-refractivity contribution is 0.100. The van der Waals surface area contributed by atoms with Crippen LogP contribution >= 0.6 is 0 Å². The van der Waals surface area contributed by atoms with Crippen molar-refractivity contribution in [3.05, 3.63) is 70.6 Å². The molecule has 5 aromatic rings. The van der Waals surface area contributed by atoms with Crippen molar-refractivity contribution in [1.82, 2.24) is 24.8 Å². The molecule has 0 unspecified atom stereocenters. The molecule has 0 amide bonds. The molecule has 0 atom stereocenters. The molecule has 7 rings (SSSR count). The van der Waals surface area contributed by atoms with Gasteiger partial charge in [0.25, 0.3) is 0 Å². The fourth-order valence-corrected chi connectivity index (χ4v) is 5.95. The minimum absolute atomic E-state index is 0.0431. The number of fused-ring (bicyclic) bond motifs is 2. The molecule has 2 N–H and O–H groups in total. The molecule has 10 nitrogen and oxygen atoms in total. The lowest BCUT2D eigenvalue weighted by Crippen LogP contribution is -2.43. The summed E-state index contributed by atoms with van der Waals surface area (Å²) in [5.74, 6) is 1.07. The number of benzene rings is 1. The van der Waals surface area contributed by atoms with Crippen molar-refractivity contribution in [3.63, 3.8) is 0 Å². The van der Waals surface area contributed by atoms with E-state index < -0.39 is 0 Å². The van der Waals surface area contributed by atoms with E-state index in [1.54, 1.807) is 25.3 Å². The van der Waals surface area contributed by atoms with Crippen LogP contribution in [0.4, 0.5) is 17.5 Å². The quantitative estimate of drug-likeness (QED) is 0.194. The molecule has 1 saturated carbocycles. The van der Waals surface area contributed by atoms with E-state index in [2.05, 4.69) is 30.1 Å². The number of carbonyl (C=O) groups excluding carboxylic acids is 1. The van der Waals surface area contributed by atoms with E-state index in [4.69, 9.17) is 9.40 Å². The third kappa shape index (κ3) is 6.76. The maximum Gasteiger partial charge on any atom is 0.233 e. The van der Waals surface area contributed by atoms with Gasteiger partial charge < -0.3 is 24.5 Å². The van der Waals surface area contributed by atoms with Gasteiger partial charge in [0.05, 0.1) is 16.8 Å². The molecule has 1 aromatic carbocycles. The number of Topliss-reactive ketones (excluding diaryl/α,β-unsaturated/α-hetero) is 1. The van der Waals surface area contributed by atoms with E-state index in [0.717, 1.165) is 61.3 Å². The summed E-state index contributed by atoms with van der Waals surface area (Å²) >= 11 is 0. The van der Waals surface area contributed by atoms with E-state index in [-0.39, 0.29) is 11.2 Å². The Morgan fingerprint density at radius 3 is 2.36 bits per heavy atom. The van der Waals surface area contributed by atoms with Gasteiger partial charge in [-0.25, -0.2) is 9.97 Å². The van der Waals surface area contributed by atoms with Crippen LogP contribution in [0.25, 0.3) is 33.4 Å². The summed E-state index contributed by atoms with van der Waals surface area (Å²) in [5.41, 5.74) is 4.16. The second kappa shape index (κ2) is 14.5. The molecule has 0 radical (unpaired) electrons. The molecule has 10 heteroatoms. The molecular formula is C35H43N7O3. The fraction of sp³-hybridized carbons (Fsp3) is 0.400. The average molecular weight is 610 g/mol. The normalized spacial score (nSPS) is 14.9. The number of ketones is 1. The standard InChI is InChI=1S/C31H31N7O3.2C2H6/c1-19(39)26-16-21-18-33-31(36-29(21)38(26)23-4-2-3-5-23)34-22-8-6-20(7-9-22)25-11-10-24-27(40)17-28(41-30(24)35-25)37-14-12-32-13-15-37;2*1-2/h6-11,16-18,23,32H,2-5,12-15H2,1H3,(H,33,34,36);2*1-2H3. The summed E-state index contributed by atoms with van der Waals surface area (Å²) in [4.78, 5) is 41.2. The lowest BCUT2D eigenvalue weighted by Gasteiger charge is -2.27. The van der Waals surface area contributed by atoms with Gasteiger partial charge in [-0.2, -0.15) is 4.98 Å². The largest absolute Gasteiger partial charge is 0.422 e. The lowest BCUT2D eigenvalue weighted by atomic mass is 10.1. The number of piperazine rings is 1. The zero-order valence-electron chi connectivity index (χ0n) is 26.9. The Morgan fingerprint density at radius 1 is 0.956 bits per heavy atom. The number of aromatic nitrogens is 4. The molecule has 1 aliphatic carbocycles. The number of anilines is 3. The number of nitrogens with one attached hydrogen (secondary N) is 2. The van der Waals surface area contributed by atoms with Crippen LogP contribution in [0, 0.1) is 0 Å². The van der Waals surface area contributed by atoms with Gasteiger partial charge in [-0.3, -0.25) is 9.59 Å². The van der Waals surface area contributed by atoms with Crippen molar-refractivity contribution in [2.75, 3.05) is 36.4 Å². The van der Waals surface area contributed by atoms with Crippen LogP contribution < -0.4 is 21.0 Å². The Kier molecular flexibility index (Phi) is 10.2. The van der Waals surface area contributed by atoms with Crippen LogP contribution in [-0.4, -0.2) is 51.5 Å². The third-order valence-electron chi connectivity index (χ3n) is 8.07. The van der Waals surface area contributed by atoms with Gasteiger partial charge in [-0.05, 0) is 43.2 Å². The predicted octanol–water partition coefficient (Wildman–Crippen LogP) is 7.12. The molecule has 0 bridgehead atoms. The van der Waals surface area contributed by atoms with Crippen molar-refractivity contribution >= 4 is 45.4 Å². The molecule has 1 aliphatic heterocycles. The third-order valence-corrected chi connectivity index (χ3v) is 8.07. The Balaban J connectivity index is 0.000000963. The van der Waals surface area contributed by atoms with Crippen molar-refractivity contribution in [3.8, 4) is 11.3 Å². The van der Waals surface area contributed by atoms with E-state index in [1.807, 2.05) is 64.1 Å². The number of carbonyl (C=O) groups is 1. The number of rotatable bonds is 6. The van der Waals surface area contributed by atoms with Gasteiger partial charge in [-0.15, -0.1) is 0 Å². The van der Waals surface area contributed by atoms with Gasteiger partial charge in [0.1, 0.15) is 5.65 Å². The number of nitrogens with zero attached hydrogens (tertiary/aromatic N) is 5. The maximum atomic E-state index is 12.7. The zero-order valence-corrected chi connectivity index (χ0v) is 26.9. The number of hydrogen-bond donors (Lipinski definition) is 2. The molecule has 5 heterocycles. The van der Waals surface area contributed by atoms with Gasteiger partial charge in [0.2, 0.25) is 17.5 Å². The Bertz CT molecular complexity index is 1820. The molecular weight excluding hydrogens is 566 g/mol. The monoisotopic (exact) mass is 609 g/mol. The summed E-state index contributed by atoms with van der Waals surface area (Å²) in [7, 11) is 0. The van der Waals surface area contributed by atoms with Crippen LogP contribution in [0.3, 0.4) is 0 Å². The molecule has 1 saturated heterocycles. The zero-order chi connectivity index (χ0) is 31.9. The molecule has 0 spiro atoms. The molecule has 236 valence electrons. The molecule has 4 aromatic heterocycles. The fourth-order valence-electron chi connectivity index (χ4n) is 5.95. The first kappa shape index (κ1) is 31.8. The molecule has 2 fully saturated rings. The highest BCUT2D eigenvalue weighted by Gasteiger charge is 2.24. The van der Waals surface area contributed by atoms with Crippen molar-refractivity contribution < 1.29 is 9.21 Å². The first-order valence-corrected chi connectivity index (χ1v) is 16.2. The predicted molar refractivity (Wildman–Crippen MR) is 182 cm³/mol. The first-order chi connectivity index (χ1) is 22.0. The van der Waals surface area contributed by atoms with Crippen molar-refractivity contribution in [2.24, 2.45) is 0 Å². The van der Waals surface area contributed by atoms with Gasteiger partial charge >= 0.3 is 0 Å². The Morgan fingerprint density at radius 2 is 1.67 bits per heavy atom. The van der Waals surface area contributed by atoms with Gasteiger partial charge in [0, 0.05) is 68.0 Å². The maximum absolute atomic E-state index is 12.7. The smallest absolute Gasteiger partial charge is 0.233 e. The second-order valence-electron chi connectivity index (χ2n) is 10.8. The van der Waals surface area contributed by atoms with Gasteiger partial charge in [0.15, 0.2) is 11.2 Å². The minimum Gasteiger partial charge on any atom is -0.422 e. The summed E-state index contributed by atoms with van der Waals surface area (Å²) in [6.45, 7) is 12.9. The van der Waals surface area contributed by atoms with E-state index in [0.29, 0.717) is 40.4 Å². The Hall–Kier alpha value is -4.57. The highest BCUT2D eigenvalue weighted by Crippen LogP contribution is 2.35. The topological polar surface area (TPSA) is 118 Å². The number of pyridine rings is 1. The SMILES string of the molecule is CC.CC.CC(=O)c1cc2cnc(Nc3ccc(-c4ccc5c(=O)cc(N6CCNCC6)oc5n4)cc3)nc2n1C1CCCC1. The molecule has 45 heavy (non-hydrogen) atoms. The minimum atomic E-state index is -0.0927. The van der Waals surface area contributed by atoms with E-state index in [1.165, 1.54) is 12.8 Å². The van der Waals surface area contributed by atoms with Crippen molar-refractivity contribution in [2.45, 2.75) is 66.3 Å². The first-order valence-electron chi connectivity index (χ1n) is 16.2. The van der Waals surface area contributed by atoms with E-state index >= 15 is 0 Å². The summed E-state index contributed by atoms with van der Waals surface area (Å²) in [6, 6.07) is 15.2. The van der Waals surface area contributed by atoms with Crippen LogP contribution in [0.2, 0.25) is 0 Å². The highest BCUT2D eigenvalue weighted by atomic mass is 16.4. The van der Waals surface area contributed by atoms with Gasteiger partial charge in [-0.1, -0.05) is 52.7 Å². The van der Waals surface area contributed by atoms with E-state index in [9.17, 15) is 9.59 Å². The highest BCUT2D eigenvalue weighted by molar-refractivity contribution is 5.98. The number of hydrogen-bond acceptors (Lipinski definition) is 9. The summed E-state index contributed by atoms with van der Waals surface area (Å²) < 4.78 is 8.19. The average Bonchev–Trinajstić information content (AvgIpc) is 3.75. The summed E-state index contributed by atoms with van der Waals surface area (Å²) in [6.07, 6.45) is 6.22. The second-order valence-corrected chi connectivity index (χ2v) is 10.8. The van der Waals surface area contributed by atoms with Crippen LogP contribution in [0.1, 0.15) is 76.8 Å². The molecule has 2 aliphatic rings. The van der Waals surface area contributed by atoms with Crippen LogP contribution in [0.5, 0.6) is 0 Å².